The molecule has 0 aliphatic carbocycles. The van der Waals surface area contributed by atoms with Gasteiger partial charge in [-0.05, 0) is 43.9 Å². The van der Waals surface area contributed by atoms with Crippen molar-refractivity contribution in [1.29, 1.82) is 0 Å². The summed E-state index contributed by atoms with van der Waals surface area (Å²) in [6.07, 6.45) is 2.90. The minimum Gasteiger partial charge on any atom is -0.396 e. The highest BCUT2D eigenvalue weighted by Gasteiger charge is 2.10. The fraction of sp³-hybridized carbons (Fsp3) is 0.944. The van der Waals surface area contributed by atoms with Gasteiger partial charge in [-0.25, -0.2) is 0 Å². The van der Waals surface area contributed by atoms with Crippen LogP contribution in [0.25, 0.3) is 0 Å². The van der Waals surface area contributed by atoms with E-state index in [1.54, 1.807) is 0 Å². The molecule has 0 radical (unpaired) electrons. The first-order valence-electron chi connectivity index (χ1n) is 9.20. The fourth-order valence-corrected chi connectivity index (χ4v) is 2.40. The Balaban J connectivity index is 0. The molecule has 0 heterocycles. The molecule has 0 bridgehead atoms. The molecule has 146 valence electrons. The molecule has 0 spiro atoms. The molecule has 6 heteroatoms. The molecule has 0 aromatic rings. The van der Waals surface area contributed by atoms with Crippen LogP contribution in [0.4, 0.5) is 0 Å². The maximum absolute atomic E-state index is 9.19. The number of nitrogens with zero attached hydrogens (tertiary/aromatic N) is 1. The van der Waals surface area contributed by atoms with Gasteiger partial charge in [0, 0.05) is 39.5 Å². The van der Waals surface area contributed by atoms with Crippen molar-refractivity contribution in [2.24, 2.45) is 22.7 Å². The van der Waals surface area contributed by atoms with E-state index in [4.69, 9.17) is 4.74 Å². The van der Waals surface area contributed by atoms with Crippen molar-refractivity contribution in [3.05, 3.63) is 0 Å². The van der Waals surface area contributed by atoms with Crippen molar-refractivity contribution in [1.82, 2.24) is 10.6 Å². The zero-order valence-electron chi connectivity index (χ0n) is 16.3. The number of rotatable bonds is 13. The number of guanidine groups is 1. The SMILES string of the molecule is CCNC(=NCC(CCO)CC(C)C)NCCCOCC(C)C.I. The van der Waals surface area contributed by atoms with Crippen LogP contribution in [-0.2, 0) is 4.74 Å². The fourth-order valence-electron chi connectivity index (χ4n) is 2.40. The summed E-state index contributed by atoms with van der Waals surface area (Å²) in [7, 11) is 0. The lowest BCUT2D eigenvalue weighted by Crippen LogP contribution is -2.38. The summed E-state index contributed by atoms with van der Waals surface area (Å²) in [5.74, 6) is 2.54. The molecular weight excluding hydrogens is 417 g/mol. The van der Waals surface area contributed by atoms with Gasteiger partial charge >= 0.3 is 0 Å². The second kappa shape index (κ2) is 17.7. The van der Waals surface area contributed by atoms with Gasteiger partial charge < -0.3 is 20.5 Å². The summed E-state index contributed by atoms with van der Waals surface area (Å²) in [5, 5.41) is 15.8. The van der Waals surface area contributed by atoms with E-state index in [9.17, 15) is 5.11 Å². The standard InChI is InChI=1S/C18H39N3O2.HI/c1-6-19-18(20-9-7-11-23-14-16(4)5)21-13-17(8-10-22)12-15(2)3;/h15-17,22H,6-14H2,1-5H3,(H2,19,20,21);1H. The van der Waals surface area contributed by atoms with Crippen molar-refractivity contribution in [2.75, 3.05) is 39.5 Å². The topological polar surface area (TPSA) is 65.9 Å². The molecule has 1 atom stereocenters. The minimum atomic E-state index is 0. The predicted molar refractivity (Wildman–Crippen MR) is 114 cm³/mol. The molecule has 0 saturated heterocycles. The van der Waals surface area contributed by atoms with Crippen LogP contribution in [-0.4, -0.2) is 50.5 Å². The van der Waals surface area contributed by atoms with E-state index in [-0.39, 0.29) is 30.6 Å². The Hall–Kier alpha value is -0.0800. The van der Waals surface area contributed by atoms with Gasteiger partial charge in [0.15, 0.2) is 5.96 Å². The number of aliphatic imine (C=N–C) groups is 1. The molecule has 0 saturated carbocycles. The largest absolute Gasteiger partial charge is 0.396 e. The van der Waals surface area contributed by atoms with Gasteiger partial charge in [0.2, 0.25) is 0 Å². The minimum absolute atomic E-state index is 0. The molecule has 0 rings (SSSR count). The van der Waals surface area contributed by atoms with Crippen LogP contribution in [0.3, 0.4) is 0 Å². The van der Waals surface area contributed by atoms with Crippen molar-refractivity contribution in [3.8, 4) is 0 Å². The Morgan fingerprint density at radius 3 is 2.38 bits per heavy atom. The lowest BCUT2D eigenvalue weighted by atomic mass is 9.94. The third-order valence-electron chi connectivity index (χ3n) is 3.40. The van der Waals surface area contributed by atoms with E-state index in [1.807, 2.05) is 0 Å². The van der Waals surface area contributed by atoms with Crippen LogP contribution >= 0.6 is 24.0 Å². The number of aliphatic hydroxyl groups excluding tert-OH is 1. The van der Waals surface area contributed by atoms with E-state index in [0.717, 1.165) is 58.1 Å². The molecule has 0 aromatic carbocycles. The number of nitrogens with one attached hydrogen (secondary N) is 2. The van der Waals surface area contributed by atoms with E-state index in [2.05, 4.69) is 50.2 Å². The Kier molecular flexibility index (Phi) is 19.3. The lowest BCUT2D eigenvalue weighted by molar-refractivity contribution is 0.108. The normalized spacial score (nSPS) is 13.1. The monoisotopic (exact) mass is 457 g/mol. The molecular formula is C18H40IN3O2. The number of hydrogen-bond acceptors (Lipinski definition) is 3. The average Bonchev–Trinajstić information content (AvgIpc) is 2.47. The number of ether oxygens (including phenoxy) is 1. The first-order valence-corrected chi connectivity index (χ1v) is 9.20. The second-order valence-electron chi connectivity index (χ2n) is 6.98. The molecule has 3 N–H and O–H groups in total. The zero-order valence-corrected chi connectivity index (χ0v) is 18.6. The van der Waals surface area contributed by atoms with Crippen LogP contribution < -0.4 is 10.6 Å². The third kappa shape index (κ3) is 16.8. The summed E-state index contributed by atoms with van der Waals surface area (Å²) in [6.45, 7) is 15.1. The number of aliphatic hydroxyl groups is 1. The molecule has 0 aliphatic rings. The smallest absolute Gasteiger partial charge is 0.191 e. The number of hydrogen-bond donors (Lipinski definition) is 3. The highest BCUT2D eigenvalue weighted by atomic mass is 127. The van der Waals surface area contributed by atoms with Crippen molar-refractivity contribution in [2.45, 2.75) is 53.9 Å². The van der Waals surface area contributed by atoms with Crippen LogP contribution in [0.15, 0.2) is 4.99 Å². The number of halogens is 1. The molecule has 5 nitrogen and oxygen atoms in total. The molecule has 1 unspecified atom stereocenters. The van der Waals surface area contributed by atoms with E-state index >= 15 is 0 Å². The summed E-state index contributed by atoms with van der Waals surface area (Å²) < 4.78 is 5.58. The summed E-state index contributed by atoms with van der Waals surface area (Å²) in [4.78, 5) is 4.67. The van der Waals surface area contributed by atoms with Crippen LogP contribution in [0.5, 0.6) is 0 Å². The third-order valence-corrected chi connectivity index (χ3v) is 3.40. The maximum atomic E-state index is 9.19. The average molecular weight is 457 g/mol. The first-order chi connectivity index (χ1) is 11.0. The van der Waals surface area contributed by atoms with Crippen LogP contribution in [0.1, 0.15) is 53.9 Å². The quantitative estimate of drug-likeness (QED) is 0.172. The van der Waals surface area contributed by atoms with Crippen molar-refractivity contribution < 1.29 is 9.84 Å². The van der Waals surface area contributed by atoms with E-state index in [0.29, 0.717) is 17.8 Å². The van der Waals surface area contributed by atoms with Crippen LogP contribution in [0, 0.1) is 17.8 Å². The highest BCUT2D eigenvalue weighted by molar-refractivity contribution is 14.0. The Morgan fingerprint density at radius 1 is 1.12 bits per heavy atom. The van der Waals surface area contributed by atoms with Gasteiger partial charge in [0.05, 0.1) is 0 Å². The van der Waals surface area contributed by atoms with Gasteiger partial charge in [0.1, 0.15) is 0 Å². The van der Waals surface area contributed by atoms with Gasteiger partial charge in [0.25, 0.3) is 0 Å². The summed E-state index contributed by atoms with van der Waals surface area (Å²) >= 11 is 0. The van der Waals surface area contributed by atoms with E-state index < -0.39 is 0 Å². The maximum Gasteiger partial charge on any atom is 0.191 e. The molecule has 0 aliphatic heterocycles. The Bertz CT molecular complexity index is 300. The summed E-state index contributed by atoms with van der Waals surface area (Å²) in [6, 6.07) is 0. The van der Waals surface area contributed by atoms with Crippen molar-refractivity contribution in [3.63, 3.8) is 0 Å². The van der Waals surface area contributed by atoms with E-state index in [1.165, 1.54) is 0 Å². The van der Waals surface area contributed by atoms with Gasteiger partial charge in [-0.3, -0.25) is 4.99 Å². The zero-order chi connectivity index (χ0) is 17.5. The molecule has 0 amide bonds. The Labute approximate surface area is 166 Å². The molecule has 0 aromatic heterocycles. The second-order valence-corrected chi connectivity index (χ2v) is 6.98. The lowest BCUT2D eigenvalue weighted by Gasteiger charge is -2.17. The Morgan fingerprint density at radius 2 is 1.83 bits per heavy atom. The highest BCUT2D eigenvalue weighted by Crippen LogP contribution is 2.15. The summed E-state index contributed by atoms with van der Waals surface area (Å²) in [5.41, 5.74) is 0. The first kappa shape index (κ1) is 26.2. The van der Waals surface area contributed by atoms with Gasteiger partial charge in [-0.15, -0.1) is 24.0 Å². The van der Waals surface area contributed by atoms with Gasteiger partial charge in [-0.2, -0.15) is 0 Å². The molecule has 0 fully saturated rings. The van der Waals surface area contributed by atoms with Crippen molar-refractivity contribution >= 4 is 29.9 Å². The predicted octanol–water partition coefficient (Wildman–Crippen LogP) is 3.27. The molecule has 24 heavy (non-hydrogen) atoms. The van der Waals surface area contributed by atoms with Crippen LogP contribution in [0.2, 0.25) is 0 Å². The van der Waals surface area contributed by atoms with Gasteiger partial charge in [-0.1, -0.05) is 27.7 Å².